The van der Waals surface area contributed by atoms with E-state index in [9.17, 15) is 14.9 Å². The standard InChI is InChI=1S/C17H18N4O4/c1-10-12(4-2-5-13(10)21(23)24)17(22)20-9-3-6-14(20)16-18-15(19-25-16)11-7-8-11/h2,4-5,11,14H,3,6-9H2,1H3. The number of nitrogens with zero attached hydrogens (tertiary/aromatic N) is 4. The van der Waals surface area contributed by atoms with Gasteiger partial charge in [-0.1, -0.05) is 11.2 Å². The fraction of sp³-hybridized carbons (Fsp3) is 0.471. The summed E-state index contributed by atoms with van der Waals surface area (Å²) in [6.07, 6.45) is 3.76. The summed E-state index contributed by atoms with van der Waals surface area (Å²) in [5, 5.41) is 15.2. The highest BCUT2D eigenvalue weighted by atomic mass is 16.6. The zero-order valence-electron chi connectivity index (χ0n) is 13.8. The topological polar surface area (TPSA) is 102 Å². The molecule has 130 valence electrons. The summed E-state index contributed by atoms with van der Waals surface area (Å²) < 4.78 is 5.40. The summed E-state index contributed by atoms with van der Waals surface area (Å²) in [5.41, 5.74) is 0.686. The molecule has 1 aromatic heterocycles. The number of likely N-dealkylation sites (tertiary alicyclic amines) is 1. The number of amides is 1. The van der Waals surface area contributed by atoms with E-state index in [0.29, 0.717) is 29.5 Å². The number of benzene rings is 1. The molecule has 25 heavy (non-hydrogen) atoms. The largest absolute Gasteiger partial charge is 0.337 e. The van der Waals surface area contributed by atoms with Crippen LogP contribution in [0.4, 0.5) is 5.69 Å². The van der Waals surface area contributed by atoms with Crippen LogP contribution in [0.2, 0.25) is 0 Å². The highest BCUT2D eigenvalue weighted by Crippen LogP contribution is 2.40. The van der Waals surface area contributed by atoms with E-state index in [1.807, 2.05) is 0 Å². The fourth-order valence-electron chi connectivity index (χ4n) is 3.36. The predicted molar refractivity (Wildman–Crippen MR) is 87.1 cm³/mol. The van der Waals surface area contributed by atoms with Crippen molar-refractivity contribution < 1.29 is 14.2 Å². The first kappa shape index (κ1) is 15.7. The van der Waals surface area contributed by atoms with Crippen LogP contribution in [0, 0.1) is 17.0 Å². The summed E-state index contributed by atoms with van der Waals surface area (Å²) in [6.45, 7) is 2.18. The van der Waals surface area contributed by atoms with Gasteiger partial charge in [0.25, 0.3) is 11.6 Å². The van der Waals surface area contributed by atoms with Gasteiger partial charge in [0.1, 0.15) is 6.04 Å². The van der Waals surface area contributed by atoms with Crippen molar-refractivity contribution in [3.8, 4) is 0 Å². The number of nitro groups is 1. The van der Waals surface area contributed by atoms with Crippen LogP contribution in [0.25, 0.3) is 0 Å². The zero-order valence-corrected chi connectivity index (χ0v) is 13.8. The number of carbonyl (C=O) groups is 1. The number of carbonyl (C=O) groups excluding carboxylic acids is 1. The number of nitro benzene ring substituents is 1. The molecule has 4 rings (SSSR count). The van der Waals surface area contributed by atoms with E-state index in [1.54, 1.807) is 24.0 Å². The minimum absolute atomic E-state index is 0.0459. The van der Waals surface area contributed by atoms with Gasteiger partial charge in [0.05, 0.1) is 4.92 Å². The minimum atomic E-state index is -0.465. The van der Waals surface area contributed by atoms with Crippen LogP contribution in [-0.4, -0.2) is 32.4 Å². The van der Waals surface area contributed by atoms with Gasteiger partial charge in [-0.25, -0.2) is 0 Å². The molecule has 2 aliphatic rings. The van der Waals surface area contributed by atoms with Crippen molar-refractivity contribution in [3.05, 3.63) is 51.2 Å². The Morgan fingerprint density at radius 2 is 2.16 bits per heavy atom. The number of aromatic nitrogens is 2. The van der Waals surface area contributed by atoms with Crippen molar-refractivity contribution >= 4 is 11.6 Å². The first-order chi connectivity index (χ1) is 12.1. The lowest BCUT2D eigenvalue weighted by atomic mass is 10.1. The summed E-state index contributed by atoms with van der Waals surface area (Å²) in [6, 6.07) is 4.32. The molecule has 1 saturated carbocycles. The molecule has 0 spiro atoms. The van der Waals surface area contributed by atoms with Gasteiger partial charge < -0.3 is 9.42 Å². The molecule has 0 radical (unpaired) electrons. The Labute approximate surface area is 144 Å². The molecule has 2 fully saturated rings. The van der Waals surface area contributed by atoms with Crippen molar-refractivity contribution in [1.82, 2.24) is 15.0 Å². The summed E-state index contributed by atoms with van der Waals surface area (Å²) in [4.78, 5) is 29.8. The average molecular weight is 342 g/mol. The molecule has 8 nitrogen and oxygen atoms in total. The predicted octanol–water partition coefficient (Wildman–Crippen LogP) is 3.14. The minimum Gasteiger partial charge on any atom is -0.337 e. The fourth-order valence-corrected chi connectivity index (χ4v) is 3.36. The maximum Gasteiger partial charge on any atom is 0.273 e. The third kappa shape index (κ3) is 2.77. The Morgan fingerprint density at radius 1 is 1.36 bits per heavy atom. The van der Waals surface area contributed by atoms with Gasteiger partial charge in [0.15, 0.2) is 5.82 Å². The van der Waals surface area contributed by atoms with Crippen molar-refractivity contribution in [1.29, 1.82) is 0 Å². The van der Waals surface area contributed by atoms with Gasteiger partial charge >= 0.3 is 0 Å². The van der Waals surface area contributed by atoms with Crippen molar-refractivity contribution in [2.45, 2.75) is 44.6 Å². The third-order valence-corrected chi connectivity index (χ3v) is 4.93. The lowest BCUT2D eigenvalue weighted by Gasteiger charge is -2.22. The van der Waals surface area contributed by atoms with Gasteiger partial charge in [-0.2, -0.15) is 4.98 Å². The van der Waals surface area contributed by atoms with E-state index in [1.165, 1.54) is 6.07 Å². The highest BCUT2D eigenvalue weighted by molar-refractivity contribution is 5.97. The van der Waals surface area contributed by atoms with Crippen LogP contribution in [0.3, 0.4) is 0 Å². The molecule has 1 amide bonds. The summed E-state index contributed by atoms with van der Waals surface area (Å²) in [7, 11) is 0. The maximum absolute atomic E-state index is 13.0. The van der Waals surface area contributed by atoms with Gasteiger partial charge in [-0.15, -0.1) is 0 Å². The molecule has 0 N–H and O–H groups in total. The molecule has 1 unspecified atom stereocenters. The lowest BCUT2D eigenvalue weighted by Crippen LogP contribution is -2.31. The van der Waals surface area contributed by atoms with Crippen molar-refractivity contribution in [3.63, 3.8) is 0 Å². The molecule has 1 aromatic carbocycles. The lowest BCUT2D eigenvalue weighted by molar-refractivity contribution is -0.385. The SMILES string of the molecule is Cc1c(C(=O)N2CCCC2c2nc(C3CC3)no2)cccc1[N+](=O)[O-]. The van der Waals surface area contributed by atoms with Crippen LogP contribution in [0.5, 0.6) is 0 Å². The van der Waals surface area contributed by atoms with E-state index in [4.69, 9.17) is 4.52 Å². The van der Waals surface area contributed by atoms with Gasteiger partial charge in [0, 0.05) is 29.7 Å². The normalized spacial score (nSPS) is 20.0. The molecule has 1 atom stereocenters. The van der Waals surface area contributed by atoms with Crippen molar-refractivity contribution in [2.75, 3.05) is 6.54 Å². The van der Waals surface area contributed by atoms with E-state index in [-0.39, 0.29) is 17.6 Å². The van der Waals surface area contributed by atoms with Crippen molar-refractivity contribution in [2.24, 2.45) is 0 Å². The quantitative estimate of drug-likeness (QED) is 0.625. The van der Waals surface area contributed by atoms with Crippen LogP contribution < -0.4 is 0 Å². The van der Waals surface area contributed by atoms with Crippen LogP contribution in [0.15, 0.2) is 22.7 Å². The molecule has 1 aliphatic carbocycles. The average Bonchev–Trinajstić information content (AvgIpc) is 3.13. The van der Waals surface area contributed by atoms with Crippen LogP contribution >= 0.6 is 0 Å². The summed E-state index contributed by atoms with van der Waals surface area (Å²) in [5.74, 6) is 1.36. The number of rotatable bonds is 4. The van der Waals surface area contributed by atoms with E-state index < -0.39 is 4.92 Å². The number of hydrogen-bond donors (Lipinski definition) is 0. The Morgan fingerprint density at radius 3 is 2.88 bits per heavy atom. The molecule has 1 aliphatic heterocycles. The van der Waals surface area contributed by atoms with Gasteiger partial charge in [-0.05, 0) is 38.7 Å². The third-order valence-electron chi connectivity index (χ3n) is 4.93. The molecular weight excluding hydrogens is 324 g/mol. The van der Waals surface area contributed by atoms with E-state index >= 15 is 0 Å². The molecule has 0 bridgehead atoms. The van der Waals surface area contributed by atoms with E-state index in [0.717, 1.165) is 31.5 Å². The first-order valence-corrected chi connectivity index (χ1v) is 8.44. The van der Waals surface area contributed by atoms with Gasteiger partial charge in [0.2, 0.25) is 5.89 Å². The Bertz CT molecular complexity index is 843. The molecule has 8 heteroatoms. The number of hydrogen-bond acceptors (Lipinski definition) is 6. The molecule has 1 saturated heterocycles. The monoisotopic (exact) mass is 342 g/mol. The second kappa shape index (κ2) is 5.94. The Hall–Kier alpha value is -2.77. The second-order valence-corrected chi connectivity index (χ2v) is 6.63. The Balaban J connectivity index is 1.62. The maximum atomic E-state index is 13.0. The smallest absolute Gasteiger partial charge is 0.273 e. The van der Waals surface area contributed by atoms with Gasteiger partial charge in [-0.3, -0.25) is 14.9 Å². The Kier molecular flexibility index (Phi) is 3.74. The molecule has 2 aromatic rings. The molecular formula is C17H18N4O4. The van der Waals surface area contributed by atoms with E-state index in [2.05, 4.69) is 10.1 Å². The molecule has 2 heterocycles. The zero-order chi connectivity index (χ0) is 17.6. The first-order valence-electron chi connectivity index (χ1n) is 8.44. The highest BCUT2D eigenvalue weighted by Gasteiger charge is 2.37. The van der Waals surface area contributed by atoms with Crippen LogP contribution in [0.1, 0.15) is 65.3 Å². The summed E-state index contributed by atoms with van der Waals surface area (Å²) >= 11 is 0. The second-order valence-electron chi connectivity index (χ2n) is 6.63. The van der Waals surface area contributed by atoms with Crippen LogP contribution in [-0.2, 0) is 0 Å².